The number of nitrogens with one attached hydrogen (secondary N) is 2. The van der Waals surface area contributed by atoms with E-state index in [0.717, 1.165) is 10.6 Å². The second kappa shape index (κ2) is 5.40. The number of carbonyl (C=O) groups is 1. The van der Waals surface area contributed by atoms with Crippen LogP contribution in [-0.2, 0) is 0 Å². The molecule has 0 atom stereocenters. The van der Waals surface area contributed by atoms with Gasteiger partial charge >= 0.3 is 0 Å². The van der Waals surface area contributed by atoms with Gasteiger partial charge in [-0.2, -0.15) is 0 Å². The highest BCUT2D eigenvalue weighted by Crippen LogP contribution is 2.28. The lowest BCUT2D eigenvalue weighted by atomic mass is 10.3. The Morgan fingerprint density at radius 1 is 1.25 bits per heavy atom. The molecule has 7 heteroatoms. The molecule has 0 radical (unpaired) electrons. The molecular weight excluding hydrogens is 294 g/mol. The van der Waals surface area contributed by atoms with Gasteiger partial charge in [0.05, 0.1) is 10.6 Å². The summed E-state index contributed by atoms with van der Waals surface area (Å²) >= 11 is 2.91. The van der Waals surface area contributed by atoms with E-state index >= 15 is 0 Å². The predicted octanol–water partition coefficient (Wildman–Crippen LogP) is 2.81. The Labute approximate surface area is 122 Å². The number of H-pyrrole nitrogens is 1. The minimum absolute atomic E-state index is 0.0698. The SMILES string of the molecule is O=C(Nc1nc(-c2cccs2)cs1)c1ccc[nH]c1=O. The zero-order valence-corrected chi connectivity index (χ0v) is 11.8. The van der Waals surface area contributed by atoms with Crippen LogP contribution in [0.4, 0.5) is 5.13 Å². The molecule has 0 aromatic carbocycles. The molecule has 0 saturated carbocycles. The van der Waals surface area contributed by atoms with Crippen molar-refractivity contribution in [3.8, 4) is 10.6 Å². The largest absolute Gasteiger partial charge is 0.328 e. The van der Waals surface area contributed by atoms with E-state index in [-0.39, 0.29) is 5.56 Å². The first-order valence-electron chi connectivity index (χ1n) is 5.72. The molecule has 0 aliphatic carbocycles. The summed E-state index contributed by atoms with van der Waals surface area (Å²) < 4.78 is 0. The third-order valence-corrected chi connectivity index (χ3v) is 4.21. The number of amides is 1. The van der Waals surface area contributed by atoms with Crippen molar-refractivity contribution in [2.75, 3.05) is 5.32 Å². The summed E-state index contributed by atoms with van der Waals surface area (Å²) in [6.45, 7) is 0. The smallest absolute Gasteiger partial charge is 0.263 e. The highest BCUT2D eigenvalue weighted by molar-refractivity contribution is 7.16. The third-order valence-electron chi connectivity index (χ3n) is 2.56. The summed E-state index contributed by atoms with van der Waals surface area (Å²) in [4.78, 5) is 31.3. The van der Waals surface area contributed by atoms with Gasteiger partial charge < -0.3 is 4.98 Å². The number of aromatic nitrogens is 2. The number of rotatable bonds is 3. The zero-order valence-electron chi connectivity index (χ0n) is 10.1. The Balaban J connectivity index is 1.81. The summed E-state index contributed by atoms with van der Waals surface area (Å²) in [5.74, 6) is -0.459. The molecule has 20 heavy (non-hydrogen) atoms. The van der Waals surface area contributed by atoms with Gasteiger partial charge in [0, 0.05) is 11.6 Å². The summed E-state index contributed by atoms with van der Waals surface area (Å²) in [7, 11) is 0. The Morgan fingerprint density at radius 2 is 2.15 bits per heavy atom. The average Bonchev–Trinajstić information content (AvgIpc) is 3.09. The quantitative estimate of drug-likeness (QED) is 0.781. The Hall–Kier alpha value is -2.25. The fraction of sp³-hybridized carbons (Fsp3) is 0. The van der Waals surface area contributed by atoms with Crippen LogP contribution < -0.4 is 10.9 Å². The number of nitrogens with zero attached hydrogens (tertiary/aromatic N) is 1. The maximum absolute atomic E-state index is 12.0. The van der Waals surface area contributed by atoms with Crippen LogP contribution in [0, 0.1) is 0 Å². The number of hydrogen-bond donors (Lipinski definition) is 2. The first kappa shape index (κ1) is 12.8. The molecule has 5 nitrogen and oxygen atoms in total. The van der Waals surface area contributed by atoms with E-state index < -0.39 is 11.5 Å². The number of anilines is 1. The van der Waals surface area contributed by atoms with Crippen LogP contribution in [0.3, 0.4) is 0 Å². The van der Waals surface area contributed by atoms with Gasteiger partial charge in [0.1, 0.15) is 5.56 Å². The van der Waals surface area contributed by atoms with Gasteiger partial charge in [-0.15, -0.1) is 22.7 Å². The Bertz CT molecular complexity index is 790. The van der Waals surface area contributed by atoms with Crippen LogP contribution in [0.1, 0.15) is 10.4 Å². The van der Waals surface area contributed by atoms with Crippen molar-refractivity contribution in [3.63, 3.8) is 0 Å². The van der Waals surface area contributed by atoms with Crippen LogP contribution in [-0.4, -0.2) is 15.9 Å². The maximum atomic E-state index is 12.0. The van der Waals surface area contributed by atoms with E-state index in [1.807, 2.05) is 22.9 Å². The zero-order chi connectivity index (χ0) is 13.9. The Kier molecular flexibility index (Phi) is 3.44. The number of thiophene rings is 1. The molecule has 3 aromatic heterocycles. The molecule has 100 valence electrons. The summed E-state index contributed by atoms with van der Waals surface area (Å²) in [6.07, 6.45) is 1.48. The van der Waals surface area contributed by atoms with Crippen LogP contribution >= 0.6 is 22.7 Å². The minimum Gasteiger partial charge on any atom is -0.328 e. The highest BCUT2D eigenvalue weighted by Gasteiger charge is 2.12. The second-order valence-corrected chi connectivity index (χ2v) is 5.69. The molecule has 0 fully saturated rings. The van der Waals surface area contributed by atoms with Gasteiger partial charge in [-0.3, -0.25) is 14.9 Å². The summed E-state index contributed by atoms with van der Waals surface area (Å²) in [5, 5.41) is 6.95. The fourth-order valence-corrected chi connectivity index (χ4v) is 3.10. The summed E-state index contributed by atoms with van der Waals surface area (Å²) in [6, 6.07) is 6.99. The molecule has 3 rings (SSSR count). The molecule has 0 saturated heterocycles. The number of thiazole rings is 1. The normalized spacial score (nSPS) is 10.4. The van der Waals surface area contributed by atoms with Gasteiger partial charge in [-0.05, 0) is 23.6 Å². The molecule has 0 bridgehead atoms. The minimum atomic E-state index is -0.459. The van der Waals surface area contributed by atoms with E-state index in [4.69, 9.17) is 0 Å². The van der Waals surface area contributed by atoms with Gasteiger partial charge in [0.15, 0.2) is 5.13 Å². The number of hydrogen-bond acceptors (Lipinski definition) is 5. The first-order valence-corrected chi connectivity index (χ1v) is 7.48. The Morgan fingerprint density at radius 3 is 2.90 bits per heavy atom. The van der Waals surface area contributed by atoms with Crippen LogP contribution in [0.15, 0.2) is 46.0 Å². The maximum Gasteiger partial charge on any atom is 0.263 e. The van der Waals surface area contributed by atoms with Crippen molar-refractivity contribution in [1.29, 1.82) is 0 Å². The van der Waals surface area contributed by atoms with Gasteiger partial charge in [-0.1, -0.05) is 6.07 Å². The van der Waals surface area contributed by atoms with Crippen molar-refractivity contribution >= 4 is 33.7 Å². The average molecular weight is 303 g/mol. The van der Waals surface area contributed by atoms with Crippen molar-refractivity contribution in [2.45, 2.75) is 0 Å². The van der Waals surface area contributed by atoms with E-state index in [1.54, 1.807) is 17.4 Å². The van der Waals surface area contributed by atoms with Crippen LogP contribution in [0.25, 0.3) is 10.6 Å². The molecule has 0 unspecified atom stereocenters. The highest BCUT2D eigenvalue weighted by atomic mass is 32.1. The van der Waals surface area contributed by atoms with Crippen molar-refractivity contribution in [3.05, 3.63) is 57.1 Å². The topological polar surface area (TPSA) is 74.8 Å². The predicted molar refractivity (Wildman–Crippen MR) is 80.4 cm³/mol. The van der Waals surface area contributed by atoms with Crippen molar-refractivity contribution in [1.82, 2.24) is 9.97 Å². The molecule has 2 N–H and O–H groups in total. The molecule has 0 aliphatic heterocycles. The van der Waals surface area contributed by atoms with E-state index in [9.17, 15) is 9.59 Å². The fourth-order valence-electron chi connectivity index (χ4n) is 1.63. The molecule has 1 amide bonds. The molecule has 3 aromatic rings. The van der Waals surface area contributed by atoms with E-state index in [2.05, 4.69) is 15.3 Å². The standard InChI is InChI=1S/C13H9N3O2S2/c17-11-8(3-1-5-14-11)12(18)16-13-15-9(7-20-13)10-4-2-6-19-10/h1-7H,(H,14,17)(H,15,16,18). The van der Waals surface area contributed by atoms with Crippen molar-refractivity contribution < 1.29 is 4.79 Å². The lowest BCUT2D eigenvalue weighted by Gasteiger charge is -1.99. The van der Waals surface area contributed by atoms with Gasteiger partial charge in [0.2, 0.25) is 0 Å². The van der Waals surface area contributed by atoms with Gasteiger partial charge in [0.25, 0.3) is 11.5 Å². The van der Waals surface area contributed by atoms with Crippen LogP contribution in [0.5, 0.6) is 0 Å². The first-order chi connectivity index (χ1) is 9.74. The van der Waals surface area contributed by atoms with E-state index in [0.29, 0.717) is 5.13 Å². The second-order valence-electron chi connectivity index (χ2n) is 3.88. The third kappa shape index (κ3) is 2.54. The number of carbonyl (C=O) groups excluding carboxylic acids is 1. The number of pyridine rings is 1. The lowest BCUT2D eigenvalue weighted by molar-refractivity contribution is 0.102. The summed E-state index contributed by atoms with van der Waals surface area (Å²) in [5.41, 5.74) is 0.475. The van der Waals surface area contributed by atoms with E-state index in [1.165, 1.54) is 23.6 Å². The molecular formula is C13H9N3O2S2. The lowest BCUT2D eigenvalue weighted by Crippen LogP contribution is -2.22. The molecule has 0 aliphatic rings. The number of aromatic amines is 1. The van der Waals surface area contributed by atoms with Crippen LogP contribution in [0.2, 0.25) is 0 Å². The monoisotopic (exact) mass is 303 g/mol. The van der Waals surface area contributed by atoms with Crippen molar-refractivity contribution in [2.24, 2.45) is 0 Å². The molecule has 0 spiro atoms. The molecule has 3 heterocycles. The van der Waals surface area contributed by atoms with Gasteiger partial charge in [-0.25, -0.2) is 4.98 Å².